The molecular weight excluding hydrogens is 363 g/mol. The van der Waals surface area contributed by atoms with Crippen LogP contribution in [-0.2, 0) is 16.1 Å². The van der Waals surface area contributed by atoms with Gasteiger partial charge in [0.2, 0.25) is 0 Å². The molecule has 1 fully saturated rings. The third kappa shape index (κ3) is 5.45. The number of carboxylic acid groups (broad SMARTS) is 1. The van der Waals surface area contributed by atoms with Crippen molar-refractivity contribution in [2.45, 2.75) is 19.0 Å². The summed E-state index contributed by atoms with van der Waals surface area (Å²) in [4.78, 5) is 12.9. The highest BCUT2D eigenvalue weighted by molar-refractivity contribution is 5.71. The Kier molecular flexibility index (Phi) is 5.67. The molecule has 2 aromatic rings. The van der Waals surface area contributed by atoms with Gasteiger partial charge in [-0.05, 0) is 29.8 Å². The molecule has 1 N–H and O–H groups in total. The molecule has 2 atom stereocenters. The van der Waals surface area contributed by atoms with E-state index in [1.165, 1.54) is 0 Å². The van der Waals surface area contributed by atoms with Gasteiger partial charge in [-0.2, -0.15) is 0 Å². The van der Waals surface area contributed by atoms with Gasteiger partial charge in [0, 0.05) is 19.6 Å². The van der Waals surface area contributed by atoms with Crippen LogP contribution in [0.4, 0.5) is 13.2 Å². The second-order valence-corrected chi connectivity index (χ2v) is 6.30. The SMILES string of the molecule is O=C(O)C1CN(Cc2cccc(Oc3ccccc3)c2)CC1OC(F)(F)F. The number of carbonyl (C=O) groups is 1. The van der Waals surface area contributed by atoms with E-state index in [-0.39, 0.29) is 13.1 Å². The van der Waals surface area contributed by atoms with Crippen molar-refractivity contribution in [1.29, 1.82) is 0 Å². The summed E-state index contributed by atoms with van der Waals surface area (Å²) in [6, 6.07) is 16.3. The number of nitrogens with zero attached hydrogens (tertiary/aromatic N) is 1. The van der Waals surface area contributed by atoms with Crippen molar-refractivity contribution in [3.8, 4) is 11.5 Å². The molecule has 0 amide bonds. The van der Waals surface area contributed by atoms with Gasteiger partial charge in [0.15, 0.2) is 0 Å². The van der Waals surface area contributed by atoms with Crippen LogP contribution in [-0.4, -0.2) is 41.5 Å². The molecule has 1 aliphatic rings. The van der Waals surface area contributed by atoms with Crippen LogP contribution in [0.1, 0.15) is 5.56 Å². The molecule has 1 saturated heterocycles. The summed E-state index contributed by atoms with van der Waals surface area (Å²) in [7, 11) is 0. The van der Waals surface area contributed by atoms with E-state index >= 15 is 0 Å². The lowest BCUT2D eigenvalue weighted by Gasteiger charge is -2.18. The summed E-state index contributed by atoms with van der Waals surface area (Å²) in [6.07, 6.45) is -6.29. The first-order chi connectivity index (χ1) is 12.8. The first-order valence-electron chi connectivity index (χ1n) is 8.32. The number of hydrogen-bond acceptors (Lipinski definition) is 4. The summed E-state index contributed by atoms with van der Waals surface area (Å²) in [6.45, 7) is 0.174. The third-order valence-electron chi connectivity index (χ3n) is 4.23. The zero-order chi connectivity index (χ0) is 19.4. The number of benzene rings is 2. The van der Waals surface area contributed by atoms with Crippen molar-refractivity contribution in [2.75, 3.05) is 13.1 Å². The smallest absolute Gasteiger partial charge is 0.481 e. The van der Waals surface area contributed by atoms with Gasteiger partial charge in [-0.1, -0.05) is 30.3 Å². The Morgan fingerprint density at radius 1 is 1.07 bits per heavy atom. The predicted octanol–water partition coefficient (Wildman–Crippen LogP) is 3.90. The second kappa shape index (κ2) is 7.98. The van der Waals surface area contributed by atoms with Crippen LogP contribution >= 0.6 is 0 Å². The molecule has 27 heavy (non-hydrogen) atoms. The molecule has 0 bridgehead atoms. The van der Waals surface area contributed by atoms with Gasteiger partial charge < -0.3 is 9.84 Å². The topological polar surface area (TPSA) is 59.0 Å². The maximum absolute atomic E-state index is 12.5. The fraction of sp³-hybridized carbons (Fsp3) is 0.316. The summed E-state index contributed by atoms with van der Waals surface area (Å²) >= 11 is 0. The number of hydrogen-bond donors (Lipinski definition) is 1. The summed E-state index contributed by atoms with van der Waals surface area (Å²) in [5, 5.41) is 9.18. The van der Waals surface area contributed by atoms with Crippen molar-refractivity contribution >= 4 is 5.97 Å². The van der Waals surface area contributed by atoms with Crippen molar-refractivity contribution in [2.24, 2.45) is 5.92 Å². The number of likely N-dealkylation sites (tertiary alicyclic amines) is 1. The molecule has 0 aromatic heterocycles. The summed E-state index contributed by atoms with van der Waals surface area (Å²) in [5.74, 6) is -1.26. The van der Waals surface area contributed by atoms with E-state index in [0.29, 0.717) is 18.0 Å². The highest BCUT2D eigenvalue weighted by Gasteiger charge is 2.44. The Balaban J connectivity index is 1.66. The molecular formula is C19H18F3NO4. The van der Waals surface area contributed by atoms with Gasteiger partial charge in [-0.25, -0.2) is 0 Å². The number of aliphatic carboxylic acids is 1. The molecule has 0 radical (unpaired) electrons. The highest BCUT2D eigenvalue weighted by atomic mass is 19.4. The van der Waals surface area contributed by atoms with Gasteiger partial charge in [-0.3, -0.25) is 14.4 Å². The molecule has 5 nitrogen and oxygen atoms in total. The Morgan fingerprint density at radius 3 is 2.44 bits per heavy atom. The number of para-hydroxylation sites is 1. The van der Waals surface area contributed by atoms with Crippen LogP contribution in [0.15, 0.2) is 54.6 Å². The molecule has 3 rings (SSSR count). The first-order valence-corrected chi connectivity index (χ1v) is 8.32. The van der Waals surface area contributed by atoms with Crippen molar-refractivity contribution in [3.05, 3.63) is 60.2 Å². The Bertz CT molecular complexity index is 782. The van der Waals surface area contributed by atoms with Crippen LogP contribution in [0.3, 0.4) is 0 Å². The van der Waals surface area contributed by atoms with Gasteiger partial charge in [-0.15, -0.1) is 13.2 Å². The lowest BCUT2D eigenvalue weighted by Crippen LogP contribution is -2.34. The van der Waals surface area contributed by atoms with E-state index in [2.05, 4.69) is 4.74 Å². The Morgan fingerprint density at radius 2 is 1.78 bits per heavy atom. The highest BCUT2D eigenvalue weighted by Crippen LogP contribution is 2.29. The Hall–Kier alpha value is -2.58. The average molecular weight is 381 g/mol. The summed E-state index contributed by atoms with van der Waals surface area (Å²) < 4.78 is 47.3. The molecule has 144 valence electrons. The van der Waals surface area contributed by atoms with Crippen LogP contribution < -0.4 is 4.74 Å². The summed E-state index contributed by atoms with van der Waals surface area (Å²) in [5.41, 5.74) is 0.806. The normalized spacial score (nSPS) is 20.6. The molecule has 1 aliphatic heterocycles. The zero-order valence-electron chi connectivity index (χ0n) is 14.2. The number of alkyl halides is 3. The van der Waals surface area contributed by atoms with E-state index in [1.54, 1.807) is 23.1 Å². The van der Waals surface area contributed by atoms with E-state index in [0.717, 1.165) is 5.56 Å². The number of ether oxygens (including phenoxy) is 2. The monoisotopic (exact) mass is 381 g/mol. The van der Waals surface area contributed by atoms with Gasteiger partial charge in [0.1, 0.15) is 11.5 Å². The van der Waals surface area contributed by atoms with Gasteiger partial charge >= 0.3 is 12.3 Å². The predicted molar refractivity (Wildman–Crippen MR) is 90.3 cm³/mol. The maximum atomic E-state index is 12.5. The van der Waals surface area contributed by atoms with Gasteiger partial charge in [0.05, 0.1) is 12.0 Å². The van der Waals surface area contributed by atoms with Crippen molar-refractivity contribution < 1.29 is 32.5 Å². The van der Waals surface area contributed by atoms with Crippen molar-refractivity contribution in [1.82, 2.24) is 4.90 Å². The molecule has 8 heteroatoms. The Labute approximate surface area is 153 Å². The number of rotatable bonds is 6. The lowest BCUT2D eigenvalue weighted by atomic mass is 10.1. The first kappa shape index (κ1) is 19.2. The minimum atomic E-state index is -4.86. The molecule has 1 heterocycles. The van der Waals surface area contributed by atoms with Crippen molar-refractivity contribution in [3.63, 3.8) is 0 Å². The fourth-order valence-corrected chi connectivity index (χ4v) is 3.10. The molecule has 0 saturated carbocycles. The molecule has 2 unspecified atom stereocenters. The minimum absolute atomic E-state index is 0.0140. The standard InChI is InChI=1S/C19H18F3NO4/c20-19(21,22)27-17-12-23(11-16(17)18(24)25)10-13-5-4-8-15(9-13)26-14-6-2-1-3-7-14/h1-9,16-17H,10-12H2,(H,24,25). The number of halogens is 3. The zero-order valence-corrected chi connectivity index (χ0v) is 14.2. The van der Waals surface area contributed by atoms with E-state index in [9.17, 15) is 23.1 Å². The van der Waals surface area contributed by atoms with Gasteiger partial charge in [0.25, 0.3) is 0 Å². The molecule has 0 aliphatic carbocycles. The quantitative estimate of drug-likeness (QED) is 0.823. The second-order valence-electron chi connectivity index (χ2n) is 6.30. The van der Waals surface area contributed by atoms with E-state index < -0.39 is 24.4 Å². The van der Waals surface area contributed by atoms with Crippen LogP contribution in [0.25, 0.3) is 0 Å². The largest absolute Gasteiger partial charge is 0.522 e. The average Bonchev–Trinajstić information content (AvgIpc) is 2.96. The fourth-order valence-electron chi connectivity index (χ4n) is 3.10. The van der Waals surface area contributed by atoms with E-state index in [4.69, 9.17) is 4.74 Å². The molecule has 2 aromatic carbocycles. The maximum Gasteiger partial charge on any atom is 0.522 e. The third-order valence-corrected chi connectivity index (χ3v) is 4.23. The number of carboxylic acids is 1. The van der Waals surface area contributed by atoms with Crippen LogP contribution in [0.2, 0.25) is 0 Å². The van der Waals surface area contributed by atoms with E-state index in [1.807, 2.05) is 36.4 Å². The lowest BCUT2D eigenvalue weighted by molar-refractivity contribution is -0.343. The minimum Gasteiger partial charge on any atom is -0.481 e. The van der Waals surface area contributed by atoms with Crippen LogP contribution in [0.5, 0.6) is 11.5 Å². The molecule has 0 spiro atoms. The van der Waals surface area contributed by atoms with Crippen LogP contribution in [0, 0.1) is 5.92 Å².